The molecule has 40 heavy (non-hydrogen) atoms. The Kier molecular flexibility index (Phi) is 9.15. The fourth-order valence-electron chi connectivity index (χ4n) is 6.15. The molecule has 5 rings (SSSR count). The number of fused-ring (bicyclic) bond motifs is 1. The van der Waals surface area contributed by atoms with Crippen LogP contribution in [0.3, 0.4) is 0 Å². The van der Waals surface area contributed by atoms with Crippen molar-refractivity contribution in [3.8, 4) is 0 Å². The van der Waals surface area contributed by atoms with Crippen LogP contribution in [-0.2, 0) is 32.1 Å². The summed E-state index contributed by atoms with van der Waals surface area (Å²) in [5.41, 5.74) is 1.86. The average Bonchev–Trinajstić information content (AvgIpc) is 3.57. The highest BCUT2D eigenvalue weighted by atomic mass is 79.9. The topological polar surface area (TPSA) is 86.8 Å². The number of amides is 4. The maximum absolute atomic E-state index is 13.9. The lowest BCUT2D eigenvalue weighted by Gasteiger charge is -2.33. The first kappa shape index (κ1) is 28.3. The first-order valence-corrected chi connectivity index (χ1v) is 15.1. The van der Waals surface area contributed by atoms with Crippen LogP contribution in [0.15, 0.2) is 71.2 Å². The van der Waals surface area contributed by atoms with E-state index >= 15 is 0 Å². The van der Waals surface area contributed by atoms with Gasteiger partial charge in [0.25, 0.3) is 0 Å². The van der Waals surface area contributed by atoms with Gasteiger partial charge in [0.05, 0.1) is 11.8 Å². The minimum absolute atomic E-state index is 0.0249. The summed E-state index contributed by atoms with van der Waals surface area (Å²) in [6.45, 7) is 0.279. The molecule has 1 aliphatic heterocycles. The van der Waals surface area contributed by atoms with Crippen molar-refractivity contribution in [2.24, 2.45) is 11.8 Å². The monoisotopic (exact) mass is 605 g/mol. The molecule has 1 heterocycles. The number of carbonyl (C=O) groups excluding carboxylic acids is 4. The number of benzene rings is 2. The Morgan fingerprint density at radius 3 is 2.15 bits per heavy atom. The molecule has 2 fully saturated rings. The summed E-state index contributed by atoms with van der Waals surface area (Å²) in [6, 6.07) is 16.8. The van der Waals surface area contributed by atoms with Crippen molar-refractivity contribution >= 4 is 39.6 Å². The van der Waals surface area contributed by atoms with Crippen molar-refractivity contribution in [1.82, 2.24) is 15.1 Å². The van der Waals surface area contributed by atoms with Crippen molar-refractivity contribution in [3.63, 3.8) is 0 Å². The van der Waals surface area contributed by atoms with E-state index in [1.807, 2.05) is 66.7 Å². The fourth-order valence-corrected chi connectivity index (χ4v) is 6.41. The number of hydrogen-bond donors (Lipinski definition) is 1. The van der Waals surface area contributed by atoms with Crippen molar-refractivity contribution in [2.45, 2.75) is 70.0 Å². The molecule has 7 nitrogen and oxygen atoms in total. The van der Waals surface area contributed by atoms with E-state index in [-0.39, 0.29) is 61.0 Å². The lowest BCUT2D eigenvalue weighted by molar-refractivity contribution is -0.144. The van der Waals surface area contributed by atoms with Crippen molar-refractivity contribution in [2.75, 3.05) is 6.54 Å². The summed E-state index contributed by atoms with van der Waals surface area (Å²) < 4.78 is 0.927. The third kappa shape index (κ3) is 6.54. The first-order valence-electron chi connectivity index (χ1n) is 14.3. The van der Waals surface area contributed by atoms with Gasteiger partial charge in [-0.2, -0.15) is 0 Å². The summed E-state index contributed by atoms with van der Waals surface area (Å²) >= 11 is 3.47. The second kappa shape index (κ2) is 12.9. The van der Waals surface area contributed by atoms with E-state index in [9.17, 15) is 19.2 Å². The maximum atomic E-state index is 13.9. The van der Waals surface area contributed by atoms with Crippen LogP contribution in [0.25, 0.3) is 0 Å². The molecule has 2 aromatic carbocycles. The Hall–Kier alpha value is -3.26. The Bertz CT molecular complexity index is 1230. The number of nitrogens with zero attached hydrogens (tertiary/aromatic N) is 2. The molecule has 2 aliphatic carbocycles. The van der Waals surface area contributed by atoms with Gasteiger partial charge >= 0.3 is 0 Å². The van der Waals surface area contributed by atoms with Gasteiger partial charge in [-0.15, -0.1) is 0 Å². The lowest BCUT2D eigenvalue weighted by atomic mass is 9.85. The van der Waals surface area contributed by atoms with Gasteiger partial charge in [0.15, 0.2) is 0 Å². The van der Waals surface area contributed by atoms with E-state index in [1.165, 1.54) is 4.90 Å². The summed E-state index contributed by atoms with van der Waals surface area (Å²) in [4.78, 5) is 56.7. The lowest BCUT2D eigenvalue weighted by Crippen LogP contribution is -2.52. The molecule has 0 radical (unpaired) electrons. The van der Waals surface area contributed by atoms with Gasteiger partial charge in [-0.1, -0.05) is 83.4 Å². The molecule has 0 unspecified atom stereocenters. The molecule has 8 heteroatoms. The zero-order valence-corrected chi connectivity index (χ0v) is 24.2. The SMILES string of the molecule is O=C(NC1CCCC1)[C@H](Cc1ccccc1)N(Cc1ccc(Br)cc1)C(=O)CCN1C(=O)[C@H]2CC=CC[C@H]2C1=O. The molecule has 1 saturated heterocycles. The number of hydrogen-bond acceptors (Lipinski definition) is 4. The molecule has 210 valence electrons. The van der Waals surface area contributed by atoms with E-state index in [1.54, 1.807) is 4.90 Å². The molecule has 0 spiro atoms. The Balaban J connectivity index is 1.38. The minimum Gasteiger partial charge on any atom is -0.352 e. The zero-order chi connectivity index (χ0) is 28.1. The van der Waals surface area contributed by atoms with Gasteiger partial charge < -0.3 is 10.2 Å². The number of rotatable bonds is 10. The number of allylic oxidation sites excluding steroid dienone is 2. The number of carbonyl (C=O) groups is 4. The summed E-state index contributed by atoms with van der Waals surface area (Å²) in [5, 5.41) is 3.21. The Morgan fingerprint density at radius 1 is 0.900 bits per heavy atom. The molecule has 0 aromatic heterocycles. The van der Waals surface area contributed by atoms with E-state index in [0.29, 0.717) is 19.3 Å². The van der Waals surface area contributed by atoms with Crippen LogP contribution in [0.1, 0.15) is 56.1 Å². The van der Waals surface area contributed by atoms with Crippen LogP contribution in [0, 0.1) is 11.8 Å². The van der Waals surface area contributed by atoms with Crippen LogP contribution >= 0.6 is 15.9 Å². The van der Waals surface area contributed by atoms with Crippen LogP contribution in [0.2, 0.25) is 0 Å². The second-order valence-corrected chi connectivity index (χ2v) is 12.0. The number of likely N-dealkylation sites (tertiary alicyclic amines) is 1. The zero-order valence-electron chi connectivity index (χ0n) is 22.6. The van der Waals surface area contributed by atoms with E-state index in [4.69, 9.17) is 0 Å². The minimum atomic E-state index is -0.726. The molecule has 2 aromatic rings. The average molecular weight is 607 g/mol. The molecular formula is C32H36BrN3O4. The molecule has 1 saturated carbocycles. The van der Waals surface area contributed by atoms with Gasteiger partial charge in [0, 0.05) is 36.4 Å². The Labute approximate surface area is 244 Å². The highest BCUT2D eigenvalue weighted by molar-refractivity contribution is 9.10. The standard InChI is InChI=1S/C32H36BrN3O4/c33-24-16-14-23(15-17-24)21-36(29(37)18-19-35-31(39)26-12-6-7-13-27(26)32(35)40)28(20-22-8-2-1-3-9-22)30(38)34-25-10-4-5-11-25/h1-3,6-9,14-17,25-28H,4-5,10-13,18-21H2,(H,34,38)/t26-,27+,28-/m0/s1. The molecule has 4 amide bonds. The smallest absolute Gasteiger partial charge is 0.243 e. The predicted molar refractivity (Wildman–Crippen MR) is 156 cm³/mol. The van der Waals surface area contributed by atoms with Gasteiger partial charge in [-0.3, -0.25) is 24.1 Å². The third-order valence-electron chi connectivity index (χ3n) is 8.39. The quantitative estimate of drug-likeness (QED) is 0.312. The van der Waals surface area contributed by atoms with Crippen LogP contribution in [0.5, 0.6) is 0 Å². The van der Waals surface area contributed by atoms with Gasteiger partial charge in [-0.05, 0) is 48.9 Å². The summed E-state index contributed by atoms with van der Waals surface area (Å²) in [5.74, 6) is -1.44. The largest absolute Gasteiger partial charge is 0.352 e. The van der Waals surface area contributed by atoms with Gasteiger partial charge in [0.1, 0.15) is 6.04 Å². The van der Waals surface area contributed by atoms with Crippen molar-refractivity contribution in [1.29, 1.82) is 0 Å². The number of halogens is 1. The van der Waals surface area contributed by atoms with E-state index in [0.717, 1.165) is 41.3 Å². The Morgan fingerprint density at radius 2 is 1.52 bits per heavy atom. The van der Waals surface area contributed by atoms with Crippen molar-refractivity contribution < 1.29 is 19.2 Å². The second-order valence-electron chi connectivity index (χ2n) is 11.1. The molecule has 3 atom stereocenters. The third-order valence-corrected chi connectivity index (χ3v) is 8.92. The fraction of sp³-hybridized carbons (Fsp3) is 0.438. The normalized spacial score (nSPS) is 21.4. The molecular weight excluding hydrogens is 570 g/mol. The van der Waals surface area contributed by atoms with Crippen LogP contribution in [0.4, 0.5) is 0 Å². The summed E-state index contributed by atoms with van der Waals surface area (Å²) in [6.07, 6.45) is 9.46. The first-order chi connectivity index (χ1) is 19.4. The highest BCUT2D eigenvalue weighted by Gasteiger charge is 2.47. The van der Waals surface area contributed by atoms with E-state index < -0.39 is 6.04 Å². The highest BCUT2D eigenvalue weighted by Crippen LogP contribution is 2.35. The molecule has 1 N–H and O–H groups in total. The van der Waals surface area contributed by atoms with E-state index in [2.05, 4.69) is 21.2 Å². The predicted octanol–water partition coefficient (Wildman–Crippen LogP) is 4.79. The summed E-state index contributed by atoms with van der Waals surface area (Å²) in [7, 11) is 0. The van der Waals surface area contributed by atoms with Crippen LogP contribution < -0.4 is 5.32 Å². The molecule has 0 bridgehead atoms. The van der Waals surface area contributed by atoms with Gasteiger partial charge in [-0.25, -0.2) is 0 Å². The maximum Gasteiger partial charge on any atom is 0.243 e. The number of nitrogens with one attached hydrogen (secondary N) is 1. The van der Waals surface area contributed by atoms with Crippen LogP contribution in [-0.4, -0.2) is 52.1 Å². The van der Waals surface area contributed by atoms with Gasteiger partial charge in [0.2, 0.25) is 23.6 Å². The van der Waals surface area contributed by atoms with Crippen molar-refractivity contribution in [3.05, 3.63) is 82.3 Å². The molecule has 3 aliphatic rings. The number of imide groups is 1.